The monoisotopic (exact) mass is 240 g/mol. The Bertz CT molecular complexity index is 308. The van der Waals surface area contributed by atoms with Crippen LogP contribution in [0.1, 0.15) is 0 Å². The number of hydrogen-bond donors (Lipinski definition) is 2. The molecule has 66 valence electrons. The SMILES string of the molecule is OP(O)(=S)Sc1ccc(Cl)cc1. The summed E-state index contributed by atoms with van der Waals surface area (Å²) in [5, 5.41) is 0.614. The molecule has 0 aromatic heterocycles. The van der Waals surface area contributed by atoms with Gasteiger partial charge in [-0.15, -0.1) is 0 Å². The molecule has 1 aromatic carbocycles. The first kappa shape index (κ1) is 10.5. The molecule has 0 aliphatic rings. The lowest BCUT2D eigenvalue weighted by Gasteiger charge is -2.05. The fourth-order valence-corrected chi connectivity index (χ4v) is 3.25. The van der Waals surface area contributed by atoms with Gasteiger partial charge in [0.05, 0.1) is 0 Å². The number of halogens is 1. The normalized spacial score (nSPS) is 11.6. The summed E-state index contributed by atoms with van der Waals surface area (Å²) in [6.07, 6.45) is 0. The van der Waals surface area contributed by atoms with Crippen LogP contribution in [-0.2, 0) is 11.8 Å². The molecule has 0 heterocycles. The van der Waals surface area contributed by atoms with Crippen LogP contribution in [0.3, 0.4) is 0 Å². The molecule has 0 saturated heterocycles. The first-order valence-corrected chi connectivity index (χ1v) is 7.49. The van der Waals surface area contributed by atoms with Crippen LogP contribution in [0.25, 0.3) is 0 Å². The summed E-state index contributed by atoms with van der Waals surface area (Å²) in [5.74, 6) is 0. The summed E-state index contributed by atoms with van der Waals surface area (Å²) in [4.78, 5) is 18.6. The summed E-state index contributed by atoms with van der Waals surface area (Å²) < 4.78 is 0. The van der Waals surface area contributed by atoms with Crippen molar-refractivity contribution >= 4 is 40.5 Å². The van der Waals surface area contributed by atoms with E-state index < -0.39 is 5.69 Å². The van der Waals surface area contributed by atoms with Crippen LogP contribution in [0.2, 0.25) is 5.02 Å². The predicted molar refractivity (Wildman–Crippen MR) is 56.0 cm³/mol. The average Bonchev–Trinajstić information content (AvgIpc) is 1.91. The van der Waals surface area contributed by atoms with Crippen molar-refractivity contribution in [1.82, 2.24) is 0 Å². The third kappa shape index (κ3) is 3.90. The standard InChI is InChI=1S/C6H6ClO2PS2/c7-5-1-3-6(4-2-5)12-10(8,9)11/h1-4H,(H2,8,9,11). The molecule has 0 aliphatic carbocycles. The van der Waals surface area contributed by atoms with Crippen LogP contribution >= 0.6 is 28.7 Å². The Morgan fingerprint density at radius 2 is 1.75 bits per heavy atom. The minimum Gasteiger partial charge on any atom is -0.337 e. The van der Waals surface area contributed by atoms with E-state index in [1.807, 2.05) is 0 Å². The largest absolute Gasteiger partial charge is 0.337 e. The van der Waals surface area contributed by atoms with Crippen molar-refractivity contribution in [2.45, 2.75) is 4.90 Å². The summed E-state index contributed by atoms with van der Waals surface area (Å²) in [6.45, 7) is 0. The number of hydrogen-bond acceptors (Lipinski definition) is 2. The van der Waals surface area contributed by atoms with Crippen LogP contribution in [0.4, 0.5) is 0 Å². The Morgan fingerprint density at radius 3 is 2.17 bits per heavy atom. The van der Waals surface area contributed by atoms with Crippen LogP contribution in [0.5, 0.6) is 0 Å². The fraction of sp³-hybridized carbons (Fsp3) is 0. The van der Waals surface area contributed by atoms with Gasteiger partial charge in [-0.25, -0.2) is 0 Å². The van der Waals surface area contributed by atoms with Crippen molar-refractivity contribution in [3.63, 3.8) is 0 Å². The van der Waals surface area contributed by atoms with Gasteiger partial charge in [-0.05, 0) is 47.5 Å². The number of benzene rings is 1. The van der Waals surface area contributed by atoms with Crippen molar-refractivity contribution in [3.05, 3.63) is 29.3 Å². The molecule has 2 N–H and O–H groups in total. The molecule has 1 aromatic rings. The minimum absolute atomic E-state index is 0.614. The third-order valence-corrected chi connectivity index (χ3v) is 4.03. The van der Waals surface area contributed by atoms with E-state index in [1.54, 1.807) is 24.3 Å². The molecular weight excluding hydrogens is 235 g/mol. The Balaban J connectivity index is 2.78. The molecular formula is C6H6ClO2PS2. The lowest BCUT2D eigenvalue weighted by Crippen LogP contribution is -1.72. The summed E-state index contributed by atoms with van der Waals surface area (Å²) in [6, 6.07) is 6.74. The molecule has 2 nitrogen and oxygen atoms in total. The zero-order valence-corrected chi connectivity index (χ0v) is 9.13. The Hall–Kier alpha value is 0.430. The summed E-state index contributed by atoms with van der Waals surface area (Å²) in [5.41, 5.74) is -3.20. The van der Waals surface area contributed by atoms with Gasteiger partial charge in [0, 0.05) is 9.92 Å². The second-order valence-corrected chi connectivity index (χ2v) is 8.40. The van der Waals surface area contributed by atoms with E-state index in [1.165, 1.54) is 0 Å². The van der Waals surface area contributed by atoms with E-state index in [0.29, 0.717) is 9.92 Å². The van der Waals surface area contributed by atoms with Gasteiger partial charge in [-0.3, -0.25) is 0 Å². The van der Waals surface area contributed by atoms with Gasteiger partial charge in [-0.1, -0.05) is 11.6 Å². The molecule has 0 fully saturated rings. The van der Waals surface area contributed by atoms with Crippen molar-refractivity contribution in [2.75, 3.05) is 0 Å². The zero-order valence-electron chi connectivity index (χ0n) is 5.85. The topological polar surface area (TPSA) is 40.5 Å². The highest BCUT2D eigenvalue weighted by atomic mass is 35.5. The summed E-state index contributed by atoms with van der Waals surface area (Å²) >= 11 is 11.0. The second kappa shape index (κ2) is 4.09. The van der Waals surface area contributed by atoms with Gasteiger partial charge < -0.3 is 9.79 Å². The predicted octanol–water partition coefficient (Wildman–Crippen LogP) is 2.64. The highest BCUT2D eigenvalue weighted by Gasteiger charge is 2.09. The van der Waals surface area contributed by atoms with E-state index in [9.17, 15) is 0 Å². The lowest BCUT2D eigenvalue weighted by atomic mass is 10.4. The van der Waals surface area contributed by atoms with E-state index in [-0.39, 0.29) is 0 Å². The van der Waals surface area contributed by atoms with Crippen LogP contribution in [0.15, 0.2) is 29.2 Å². The molecule has 0 bridgehead atoms. The highest BCUT2D eigenvalue weighted by molar-refractivity contribution is 8.67. The second-order valence-electron chi connectivity index (χ2n) is 2.04. The average molecular weight is 241 g/mol. The van der Waals surface area contributed by atoms with Crippen molar-refractivity contribution in [2.24, 2.45) is 0 Å². The molecule has 0 spiro atoms. The maximum absolute atomic E-state index is 8.95. The van der Waals surface area contributed by atoms with E-state index in [0.717, 1.165) is 11.4 Å². The van der Waals surface area contributed by atoms with E-state index >= 15 is 0 Å². The molecule has 0 saturated carbocycles. The smallest absolute Gasteiger partial charge is 0.246 e. The highest BCUT2D eigenvalue weighted by Crippen LogP contribution is 2.54. The van der Waals surface area contributed by atoms with Gasteiger partial charge in [0.2, 0.25) is 5.69 Å². The third-order valence-electron chi connectivity index (χ3n) is 1.04. The van der Waals surface area contributed by atoms with Gasteiger partial charge in [0.1, 0.15) is 0 Å². The van der Waals surface area contributed by atoms with Crippen LogP contribution < -0.4 is 0 Å². The minimum atomic E-state index is -3.20. The van der Waals surface area contributed by atoms with Gasteiger partial charge in [-0.2, -0.15) is 0 Å². The Kier molecular flexibility index (Phi) is 3.58. The number of rotatable bonds is 2. The van der Waals surface area contributed by atoms with Crippen molar-refractivity contribution in [3.8, 4) is 0 Å². The molecule has 0 atom stereocenters. The van der Waals surface area contributed by atoms with E-state index in [2.05, 4.69) is 11.8 Å². The maximum atomic E-state index is 8.95. The van der Waals surface area contributed by atoms with Crippen molar-refractivity contribution in [1.29, 1.82) is 0 Å². The molecule has 6 heteroatoms. The maximum Gasteiger partial charge on any atom is 0.246 e. The Labute approximate surface area is 84.5 Å². The zero-order chi connectivity index (χ0) is 9.19. The van der Waals surface area contributed by atoms with Gasteiger partial charge in [0.15, 0.2) is 0 Å². The first-order valence-electron chi connectivity index (χ1n) is 2.98. The van der Waals surface area contributed by atoms with Gasteiger partial charge in [0.25, 0.3) is 0 Å². The molecule has 0 unspecified atom stereocenters. The summed E-state index contributed by atoms with van der Waals surface area (Å²) in [7, 11) is 0. The first-order chi connectivity index (χ1) is 5.47. The lowest BCUT2D eigenvalue weighted by molar-refractivity contribution is 0.502. The van der Waals surface area contributed by atoms with Crippen molar-refractivity contribution < 1.29 is 9.79 Å². The van der Waals surface area contributed by atoms with Gasteiger partial charge >= 0.3 is 0 Å². The fourth-order valence-electron chi connectivity index (χ4n) is 0.633. The molecule has 12 heavy (non-hydrogen) atoms. The molecule has 0 radical (unpaired) electrons. The Morgan fingerprint density at radius 1 is 1.25 bits per heavy atom. The van der Waals surface area contributed by atoms with E-state index in [4.69, 9.17) is 21.4 Å². The van der Waals surface area contributed by atoms with Crippen LogP contribution in [0, 0.1) is 0 Å². The molecule has 0 amide bonds. The van der Waals surface area contributed by atoms with Crippen LogP contribution in [-0.4, -0.2) is 9.79 Å². The quantitative estimate of drug-likeness (QED) is 0.780. The molecule has 1 rings (SSSR count). The molecule has 0 aliphatic heterocycles.